The summed E-state index contributed by atoms with van der Waals surface area (Å²) in [5.74, 6) is -0.207. The van der Waals surface area contributed by atoms with Gasteiger partial charge in [-0.1, -0.05) is 26.0 Å². The van der Waals surface area contributed by atoms with Crippen molar-refractivity contribution in [3.05, 3.63) is 56.4 Å². The number of nitrogens with zero attached hydrogens (tertiary/aromatic N) is 1. The van der Waals surface area contributed by atoms with E-state index in [1.54, 1.807) is 13.8 Å². The molecule has 1 amide bonds. The number of H-pyrrole nitrogens is 1. The van der Waals surface area contributed by atoms with Gasteiger partial charge in [-0.05, 0) is 43.0 Å². The molecule has 8 heteroatoms. The standard InChI is InChI=1S/C20H21N3O4S/c1-10(2)13-5-7-14(8-6-13)23-15(24)9-27-20(26)17-11(3)16-18(25)21-12(4)22-19(16)28-17/h5-8,10H,9H2,1-4H3,(H,23,24)(H,21,22,25). The average Bonchev–Trinajstić information content (AvgIpc) is 2.96. The lowest BCUT2D eigenvalue weighted by atomic mass is 10.0. The van der Waals surface area contributed by atoms with Crippen LogP contribution in [-0.4, -0.2) is 28.5 Å². The Kier molecular flexibility index (Phi) is 5.60. The number of benzene rings is 1. The Balaban J connectivity index is 1.66. The number of hydrogen-bond donors (Lipinski definition) is 2. The van der Waals surface area contributed by atoms with Gasteiger partial charge in [-0.15, -0.1) is 11.3 Å². The maximum atomic E-state index is 12.4. The number of aryl methyl sites for hydroxylation is 2. The van der Waals surface area contributed by atoms with Gasteiger partial charge in [-0.3, -0.25) is 9.59 Å². The van der Waals surface area contributed by atoms with E-state index in [4.69, 9.17) is 4.74 Å². The van der Waals surface area contributed by atoms with Crippen LogP contribution in [0.15, 0.2) is 29.1 Å². The first-order valence-corrected chi connectivity index (χ1v) is 9.65. The Bertz CT molecular complexity index is 1100. The molecule has 0 fully saturated rings. The second-order valence-electron chi connectivity index (χ2n) is 6.79. The Morgan fingerprint density at radius 3 is 2.54 bits per heavy atom. The summed E-state index contributed by atoms with van der Waals surface area (Å²) in [7, 11) is 0. The zero-order chi connectivity index (χ0) is 20.4. The number of aromatic amines is 1. The van der Waals surface area contributed by atoms with Gasteiger partial charge in [-0.25, -0.2) is 9.78 Å². The predicted octanol–water partition coefficient (Wildman–Crippen LogP) is 3.52. The smallest absolute Gasteiger partial charge is 0.349 e. The number of carbonyl (C=O) groups is 2. The van der Waals surface area contributed by atoms with E-state index in [2.05, 4.69) is 29.1 Å². The van der Waals surface area contributed by atoms with E-state index in [-0.39, 0.29) is 10.4 Å². The maximum absolute atomic E-state index is 12.4. The van der Waals surface area contributed by atoms with Crippen LogP contribution in [0.1, 0.15) is 46.4 Å². The molecule has 146 valence electrons. The van der Waals surface area contributed by atoms with Crippen LogP contribution in [0.3, 0.4) is 0 Å². The number of esters is 1. The van der Waals surface area contributed by atoms with E-state index in [0.717, 1.165) is 11.3 Å². The number of anilines is 1. The highest BCUT2D eigenvalue weighted by molar-refractivity contribution is 7.20. The van der Waals surface area contributed by atoms with Crippen LogP contribution in [0.5, 0.6) is 0 Å². The minimum absolute atomic E-state index is 0.271. The summed E-state index contributed by atoms with van der Waals surface area (Å²) < 4.78 is 5.12. The molecule has 7 nitrogen and oxygen atoms in total. The van der Waals surface area contributed by atoms with E-state index in [1.807, 2.05) is 24.3 Å². The second kappa shape index (κ2) is 7.93. The summed E-state index contributed by atoms with van der Waals surface area (Å²) in [6.45, 7) is 7.10. The quantitative estimate of drug-likeness (QED) is 0.639. The second-order valence-corrected chi connectivity index (χ2v) is 7.79. The third kappa shape index (κ3) is 4.12. The summed E-state index contributed by atoms with van der Waals surface area (Å²) in [6.07, 6.45) is 0. The zero-order valence-electron chi connectivity index (χ0n) is 16.1. The molecule has 3 rings (SSSR count). The number of nitrogens with one attached hydrogen (secondary N) is 2. The van der Waals surface area contributed by atoms with Crippen molar-refractivity contribution in [1.29, 1.82) is 0 Å². The molecule has 2 heterocycles. The van der Waals surface area contributed by atoms with Gasteiger partial charge in [0.05, 0.1) is 5.39 Å². The van der Waals surface area contributed by atoms with Crippen molar-refractivity contribution in [1.82, 2.24) is 9.97 Å². The molecule has 0 atom stereocenters. The molecule has 28 heavy (non-hydrogen) atoms. The van der Waals surface area contributed by atoms with Gasteiger partial charge in [0.25, 0.3) is 11.5 Å². The third-order valence-corrected chi connectivity index (χ3v) is 5.47. The number of fused-ring (bicyclic) bond motifs is 1. The molecule has 0 saturated carbocycles. The number of thiophene rings is 1. The predicted molar refractivity (Wildman–Crippen MR) is 109 cm³/mol. The monoisotopic (exact) mass is 399 g/mol. The number of ether oxygens (including phenoxy) is 1. The Labute approximate surface area is 165 Å². The highest BCUT2D eigenvalue weighted by atomic mass is 32.1. The van der Waals surface area contributed by atoms with Crippen molar-refractivity contribution in [2.24, 2.45) is 0 Å². The summed E-state index contributed by atoms with van der Waals surface area (Å²) >= 11 is 1.08. The molecule has 0 aliphatic heterocycles. The van der Waals surface area contributed by atoms with E-state index >= 15 is 0 Å². The Morgan fingerprint density at radius 2 is 1.89 bits per heavy atom. The first kappa shape index (κ1) is 19.8. The molecule has 3 aromatic rings. The number of amides is 1. The lowest BCUT2D eigenvalue weighted by Gasteiger charge is -2.09. The largest absolute Gasteiger partial charge is 0.451 e. The van der Waals surface area contributed by atoms with Crippen LogP contribution in [0.25, 0.3) is 10.2 Å². The van der Waals surface area contributed by atoms with E-state index < -0.39 is 18.5 Å². The van der Waals surface area contributed by atoms with E-state index in [9.17, 15) is 14.4 Å². The molecule has 0 spiro atoms. The SMILES string of the molecule is Cc1nc2sc(C(=O)OCC(=O)Nc3ccc(C(C)C)cc3)c(C)c2c(=O)[nH]1. The van der Waals surface area contributed by atoms with Gasteiger partial charge < -0.3 is 15.0 Å². The average molecular weight is 399 g/mol. The number of carbonyl (C=O) groups excluding carboxylic acids is 2. The summed E-state index contributed by atoms with van der Waals surface area (Å²) in [5.41, 5.74) is 2.01. The maximum Gasteiger partial charge on any atom is 0.349 e. The van der Waals surface area contributed by atoms with Crippen molar-refractivity contribution in [3.63, 3.8) is 0 Å². The topological polar surface area (TPSA) is 101 Å². The lowest BCUT2D eigenvalue weighted by Crippen LogP contribution is -2.20. The highest BCUT2D eigenvalue weighted by Crippen LogP contribution is 2.27. The number of aromatic nitrogens is 2. The molecule has 0 radical (unpaired) electrons. The van der Waals surface area contributed by atoms with Gasteiger partial charge in [0.15, 0.2) is 6.61 Å². The van der Waals surface area contributed by atoms with Crippen LogP contribution in [0, 0.1) is 13.8 Å². The molecule has 0 unspecified atom stereocenters. The molecular weight excluding hydrogens is 378 g/mol. The Morgan fingerprint density at radius 1 is 1.21 bits per heavy atom. The molecule has 2 N–H and O–H groups in total. The molecule has 1 aromatic carbocycles. The fraction of sp³-hybridized carbons (Fsp3) is 0.300. The van der Waals surface area contributed by atoms with Crippen LogP contribution in [0.4, 0.5) is 5.69 Å². The minimum atomic E-state index is -0.650. The van der Waals surface area contributed by atoms with Crippen molar-refractivity contribution < 1.29 is 14.3 Å². The lowest BCUT2D eigenvalue weighted by molar-refractivity contribution is -0.119. The van der Waals surface area contributed by atoms with Crippen molar-refractivity contribution in [2.45, 2.75) is 33.6 Å². The third-order valence-electron chi connectivity index (χ3n) is 4.30. The highest BCUT2D eigenvalue weighted by Gasteiger charge is 2.20. The zero-order valence-corrected chi connectivity index (χ0v) is 16.9. The first-order valence-electron chi connectivity index (χ1n) is 8.83. The molecule has 0 aliphatic carbocycles. The van der Waals surface area contributed by atoms with Crippen molar-refractivity contribution >= 4 is 39.1 Å². The van der Waals surface area contributed by atoms with Crippen LogP contribution in [-0.2, 0) is 9.53 Å². The fourth-order valence-corrected chi connectivity index (χ4v) is 3.91. The van der Waals surface area contributed by atoms with Gasteiger partial charge in [0.1, 0.15) is 15.5 Å². The first-order chi connectivity index (χ1) is 13.3. The molecule has 0 bridgehead atoms. The summed E-state index contributed by atoms with van der Waals surface area (Å²) in [6, 6.07) is 7.51. The number of rotatable bonds is 5. The van der Waals surface area contributed by atoms with Crippen molar-refractivity contribution in [2.75, 3.05) is 11.9 Å². The summed E-state index contributed by atoms with van der Waals surface area (Å²) in [5, 5.41) is 3.07. The van der Waals surface area contributed by atoms with Crippen molar-refractivity contribution in [3.8, 4) is 0 Å². The molecule has 0 saturated heterocycles. The fourth-order valence-electron chi connectivity index (χ4n) is 2.79. The molecular formula is C20H21N3O4S. The molecule has 2 aromatic heterocycles. The van der Waals surface area contributed by atoms with Crippen LogP contribution < -0.4 is 10.9 Å². The number of hydrogen-bond acceptors (Lipinski definition) is 6. The summed E-state index contributed by atoms with van der Waals surface area (Å²) in [4.78, 5) is 44.1. The van der Waals surface area contributed by atoms with Crippen LogP contribution >= 0.6 is 11.3 Å². The normalized spacial score (nSPS) is 11.0. The van der Waals surface area contributed by atoms with E-state index in [1.165, 1.54) is 5.56 Å². The Hall–Kier alpha value is -3.00. The van der Waals surface area contributed by atoms with Crippen LogP contribution in [0.2, 0.25) is 0 Å². The molecule has 0 aliphatic rings. The van der Waals surface area contributed by atoms with Gasteiger partial charge in [0, 0.05) is 5.69 Å². The minimum Gasteiger partial charge on any atom is -0.451 e. The van der Waals surface area contributed by atoms with Gasteiger partial charge in [0.2, 0.25) is 0 Å². The van der Waals surface area contributed by atoms with Gasteiger partial charge in [-0.2, -0.15) is 0 Å². The van der Waals surface area contributed by atoms with E-state index in [0.29, 0.717) is 33.2 Å². The van der Waals surface area contributed by atoms with Gasteiger partial charge >= 0.3 is 5.97 Å².